The monoisotopic (exact) mass is 264 g/mol. The second-order valence-electron chi connectivity index (χ2n) is 5.38. The Bertz CT molecular complexity index is 417. The Kier molecular flexibility index (Phi) is 5.29. The van der Waals surface area contributed by atoms with Gasteiger partial charge in [0.05, 0.1) is 4.99 Å². The Morgan fingerprint density at radius 2 is 1.78 bits per heavy atom. The van der Waals surface area contributed by atoms with Crippen LogP contribution in [0, 0.1) is 26.7 Å². The van der Waals surface area contributed by atoms with E-state index in [1.807, 2.05) is 0 Å². The molecule has 1 atom stereocenters. The molecule has 0 aliphatic heterocycles. The summed E-state index contributed by atoms with van der Waals surface area (Å²) >= 11 is 5.02. The highest BCUT2D eigenvalue weighted by molar-refractivity contribution is 7.80. The van der Waals surface area contributed by atoms with E-state index < -0.39 is 0 Å². The van der Waals surface area contributed by atoms with Crippen molar-refractivity contribution in [2.24, 2.45) is 11.7 Å². The summed E-state index contributed by atoms with van der Waals surface area (Å²) in [6.07, 6.45) is 0. The molecule has 0 heterocycles. The number of nitrogens with two attached hydrogens (primary N) is 1. The number of thiocarbonyl (C=S) groups is 1. The molecule has 0 aliphatic rings. The fourth-order valence-corrected chi connectivity index (χ4v) is 2.43. The largest absolute Gasteiger partial charge is 0.393 e. The lowest BCUT2D eigenvalue weighted by Crippen LogP contribution is -2.31. The predicted molar refractivity (Wildman–Crippen MR) is 82.9 cm³/mol. The van der Waals surface area contributed by atoms with Gasteiger partial charge in [-0.05, 0) is 44.5 Å². The quantitative estimate of drug-likeness (QED) is 0.829. The van der Waals surface area contributed by atoms with Crippen molar-refractivity contribution >= 4 is 17.2 Å². The number of aryl methyl sites for hydroxylation is 3. The summed E-state index contributed by atoms with van der Waals surface area (Å²) in [7, 11) is 2.12. The Morgan fingerprint density at radius 3 is 2.22 bits per heavy atom. The van der Waals surface area contributed by atoms with Crippen LogP contribution in [-0.4, -0.2) is 23.5 Å². The third-order valence-corrected chi connectivity index (χ3v) is 3.74. The van der Waals surface area contributed by atoms with Crippen LogP contribution >= 0.6 is 12.2 Å². The van der Waals surface area contributed by atoms with Crippen molar-refractivity contribution in [1.82, 2.24) is 4.90 Å². The molecule has 0 saturated carbocycles. The average Bonchev–Trinajstić information content (AvgIpc) is 2.23. The van der Waals surface area contributed by atoms with E-state index in [0.29, 0.717) is 4.99 Å². The summed E-state index contributed by atoms with van der Waals surface area (Å²) in [6.45, 7) is 10.4. The van der Waals surface area contributed by atoms with Crippen molar-refractivity contribution in [1.29, 1.82) is 0 Å². The molecular formula is C15H24N2S. The minimum atomic E-state index is 0.260. The first kappa shape index (κ1) is 15.1. The van der Waals surface area contributed by atoms with Crippen LogP contribution in [0.2, 0.25) is 0 Å². The first-order valence-corrected chi connectivity index (χ1v) is 6.76. The number of rotatable bonds is 5. The zero-order valence-corrected chi connectivity index (χ0v) is 12.9. The van der Waals surface area contributed by atoms with Crippen molar-refractivity contribution in [2.75, 3.05) is 13.6 Å². The molecule has 1 unspecified atom stereocenters. The highest BCUT2D eigenvalue weighted by Crippen LogP contribution is 2.18. The van der Waals surface area contributed by atoms with Crippen molar-refractivity contribution in [2.45, 2.75) is 34.2 Å². The fraction of sp³-hybridized carbons (Fsp3) is 0.533. The molecular weight excluding hydrogens is 240 g/mol. The third kappa shape index (κ3) is 4.07. The van der Waals surface area contributed by atoms with Gasteiger partial charge in [-0.15, -0.1) is 0 Å². The van der Waals surface area contributed by atoms with Crippen LogP contribution in [-0.2, 0) is 6.54 Å². The molecule has 18 heavy (non-hydrogen) atoms. The summed E-state index contributed by atoms with van der Waals surface area (Å²) < 4.78 is 0. The summed E-state index contributed by atoms with van der Waals surface area (Å²) in [6, 6.07) is 4.49. The summed E-state index contributed by atoms with van der Waals surface area (Å²) in [5, 5.41) is 0. The van der Waals surface area contributed by atoms with E-state index >= 15 is 0 Å². The Balaban J connectivity index is 2.76. The molecule has 1 aromatic carbocycles. The standard InChI is InChI=1S/C15H24N2S/c1-10-6-11(2)14(12(3)7-10)9-17(5)8-13(4)15(16)18/h6-7,13H,8-9H2,1-5H3,(H2,16,18). The number of hydrogen-bond donors (Lipinski definition) is 1. The average molecular weight is 264 g/mol. The SMILES string of the molecule is Cc1cc(C)c(CN(C)CC(C)C(N)=S)c(C)c1. The molecule has 0 bridgehead atoms. The van der Waals surface area contributed by atoms with Gasteiger partial charge < -0.3 is 10.6 Å². The molecule has 1 aromatic rings. The molecule has 0 aromatic heterocycles. The zero-order valence-electron chi connectivity index (χ0n) is 12.1. The van der Waals surface area contributed by atoms with Gasteiger partial charge in [-0.3, -0.25) is 0 Å². The van der Waals surface area contributed by atoms with Crippen LogP contribution in [0.3, 0.4) is 0 Å². The lowest BCUT2D eigenvalue weighted by Gasteiger charge is -2.23. The number of nitrogens with zero attached hydrogens (tertiary/aromatic N) is 1. The van der Waals surface area contributed by atoms with Crippen LogP contribution in [0.15, 0.2) is 12.1 Å². The van der Waals surface area contributed by atoms with E-state index in [4.69, 9.17) is 18.0 Å². The van der Waals surface area contributed by atoms with E-state index in [1.54, 1.807) is 0 Å². The molecule has 0 spiro atoms. The molecule has 3 heteroatoms. The lowest BCUT2D eigenvalue weighted by molar-refractivity contribution is 0.306. The van der Waals surface area contributed by atoms with E-state index in [9.17, 15) is 0 Å². The van der Waals surface area contributed by atoms with Crippen molar-refractivity contribution in [3.05, 3.63) is 34.4 Å². The summed E-state index contributed by atoms with van der Waals surface area (Å²) in [5.74, 6) is 0.260. The lowest BCUT2D eigenvalue weighted by atomic mass is 9.99. The Hall–Kier alpha value is -0.930. The maximum absolute atomic E-state index is 5.66. The first-order valence-electron chi connectivity index (χ1n) is 6.35. The zero-order chi connectivity index (χ0) is 13.9. The highest BCUT2D eigenvalue weighted by atomic mass is 32.1. The van der Waals surface area contributed by atoms with E-state index in [-0.39, 0.29) is 5.92 Å². The molecule has 2 nitrogen and oxygen atoms in total. The van der Waals surface area contributed by atoms with E-state index in [1.165, 1.54) is 22.3 Å². The second-order valence-corrected chi connectivity index (χ2v) is 5.85. The maximum Gasteiger partial charge on any atom is 0.0768 e. The molecule has 100 valence electrons. The van der Waals surface area contributed by atoms with Crippen LogP contribution in [0.5, 0.6) is 0 Å². The number of benzene rings is 1. The molecule has 0 radical (unpaired) electrons. The minimum Gasteiger partial charge on any atom is -0.393 e. The van der Waals surface area contributed by atoms with Crippen molar-refractivity contribution in [3.8, 4) is 0 Å². The Labute approximate surface area is 116 Å². The molecule has 0 aliphatic carbocycles. The van der Waals surface area contributed by atoms with Crippen LogP contribution < -0.4 is 5.73 Å². The third-order valence-electron chi connectivity index (χ3n) is 3.34. The minimum absolute atomic E-state index is 0.260. The summed E-state index contributed by atoms with van der Waals surface area (Å²) in [5.41, 5.74) is 11.1. The van der Waals surface area contributed by atoms with Crippen molar-refractivity contribution < 1.29 is 0 Å². The second kappa shape index (κ2) is 6.30. The van der Waals surface area contributed by atoms with Crippen LogP contribution in [0.4, 0.5) is 0 Å². The Morgan fingerprint density at radius 1 is 1.28 bits per heavy atom. The van der Waals surface area contributed by atoms with E-state index in [2.05, 4.69) is 51.8 Å². The predicted octanol–water partition coefficient (Wildman–Crippen LogP) is 2.97. The van der Waals surface area contributed by atoms with Crippen LogP contribution in [0.25, 0.3) is 0 Å². The van der Waals surface area contributed by atoms with Gasteiger partial charge in [0, 0.05) is 19.0 Å². The van der Waals surface area contributed by atoms with Crippen molar-refractivity contribution in [3.63, 3.8) is 0 Å². The van der Waals surface area contributed by atoms with Crippen LogP contribution in [0.1, 0.15) is 29.2 Å². The van der Waals surface area contributed by atoms with Gasteiger partial charge in [0.25, 0.3) is 0 Å². The van der Waals surface area contributed by atoms with Gasteiger partial charge in [0.1, 0.15) is 0 Å². The summed E-state index contributed by atoms with van der Waals surface area (Å²) in [4.78, 5) is 2.88. The van der Waals surface area contributed by atoms with Gasteiger partial charge in [0.15, 0.2) is 0 Å². The molecule has 0 saturated heterocycles. The van der Waals surface area contributed by atoms with Gasteiger partial charge >= 0.3 is 0 Å². The molecule has 2 N–H and O–H groups in total. The molecule has 1 rings (SSSR count). The van der Waals surface area contributed by atoms with Gasteiger partial charge in [-0.1, -0.05) is 36.8 Å². The normalized spacial score (nSPS) is 12.8. The smallest absolute Gasteiger partial charge is 0.0768 e. The molecule has 0 amide bonds. The van der Waals surface area contributed by atoms with Gasteiger partial charge in [0.2, 0.25) is 0 Å². The highest BCUT2D eigenvalue weighted by Gasteiger charge is 2.11. The topological polar surface area (TPSA) is 29.3 Å². The number of hydrogen-bond acceptors (Lipinski definition) is 2. The first-order chi connectivity index (χ1) is 8.31. The van der Waals surface area contributed by atoms with E-state index in [0.717, 1.165) is 13.1 Å². The maximum atomic E-state index is 5.66. The van der Waals surface area contributed by atoms with Gasteiger partial charge in [-0.2, -0.15) is 0 Å². The fourth-order valence-electron chi connectivity index (χ4n) is 2.35. The molecule has 0 fully saturated rings. The van der Waals surface area contributed by atoms with Gasteiger partial charge in [-0.25, -0.2) is 0 Å².